The largest absolute Gasteiger partial charge is 0.496 e. The molecule has 1 amide bonds. The van der Waals surface area contributed by atoms with Crippen molar-refractivity contribution in [3.8, 4) is 11.4 Å². The molecular formula is C24H25ClN4O4. The van der Waals surface area contributed by atoms with Crippen LogP contribution in [0.5, 0.6) is 5.75 Å². The number of hydrogen-bond donors (Lipinski definition) is 0. The van der Waals surface area contributed by atoms with Gasteiger partial charge in [-0.1, -0.05) is 17.7 Å². The average Bonchev–Trinajstić information content (AvgIpc) is 3.45. The van der Waals surface area contributed by atoms with Crippen LogP contribution in [0.3, 0.4) is 0 Å². The van der Waals surface area contributed by atoms with Crippen LogP contribution < -0.4 is 10.3 Å². The summed E-state index contributed by atoms with van der Waals surface area (Å²) in [6.45, 7) is 3.27. The number of pyridine rings is 1. The first kappa shape index (κ1) is 21.7. The zero-order valence-corrected chi connectivity index (χ0v) is 19.3. The van der Waals surface area contributed by atoms with Crippen molar-refractivity contribution < 1.29 is 14.3 Å². The number of benzene rings is 1. The van der Waals surface area contributed by atoms with E-state index < -0.39 is 0 Å². The number of fused-ring (bicyclic) bond motifs is 1. The molecular weight excluding hydrogens is 444 g/mol. The lowest BCUT2D eigenvalue weighted by atomic mass is 10.0. The number of nitrogens with zero attached hydrogens (tertiary/aromatic N) is 4. The van der Waals surface area contributed by atoms with Gasteiger partial charge in [0, 0.05) is 36.4 Å². The minimum absolute atomic E-state index is 0.0780. The highest BCUT2D eigenvalue weighted by molar-refractivity contribution is 6.30. The third-order valence-electron chi connectivity index (χ3n) is 6.32. The molecule has 0 radical (unpaired) electrons. The summed E-state index contributed by atoms with van der Waals surface area (Å²) in [7, 11) is 1.62. The summed E-state index contributed by atoms with van der Waals surface area (Å²) in [6, 6.07) is 8.96. The van der Waals surface area contributed by atoms with Crippen molar-refractivity contribution in [1.29, 1.82) is 0 Å². The Hall–Kier alpha value is -3.10. The Labute approximate surface area is 196 Å². The topological polar surface area (TPSA) is 78.6 Å². The van der Waals surface area contributed by atoms with Gasteiger partial charge in [0.1, 0.15) is 17.1 Å². The Morgan fingerprint density at radius 3 is 2.79 bits per heavy atom. The van der Waals surface area contributed by atoms with Gasteiger partial charge in [0.15, 0.2) is 0 Å². The zero-order valence-electron chi connectivity index (χ0n) is 18.5. The first-order chi connectivity index (χ1) is 15.9. The quantitative estimate of drug-likeness (QED) is 0.573. The van der Waals surface area contributed by atoms with E-state index in [2.05, 4.69) is 4.98 Å². The highest BCUT2D eigenvalue weighted by Crippen LogP contribution is 2.38. The SMILES string of the molecule is COc1cc(Cl)ccc1[C@H]1CC[C@@H](CN2CCn3c(ccc(-n4cnc(C)c4)c3=O)C2=O)O1. The first-order valence-electron chi connectivity index (χ1n) is 11.0. The van der Waals surface area contributed by atoms with Crippen molar-refractivity contribution in [2.45, 2.75) is 38.5 Å². The molecule has 9 heteroatoms. The van der Waals surface area contributed by atoms with E-state index in [0.29, 0.717) is 41.8 Å². The third kappa shape index (κ3) is 4.05. The monoisotopic (exact) mass is 468 g/mol. The van der Waals surface area contributed by atoms with Crippen molar-refractivity contribution in [2.75, 3.05) is 20.2 Å². The molecule has 0 spiro atoms. The average molecular weight is 469 g/mol. The van der Waals surface area contributed by atoms with Gasteiger partial charge in [-0.25, -0.2) is 4.98 Å². The second kappa shape index (κ2) is 8.68. The molecule has 0 bridgehead atoms. The number of carbonyl (C=O) groups is 1. The summed E-state index contributed by atoms with van der Waals surface area (Å²) in [6.07, 6.45) is 4.91. The lowest BCUT2D eigenvalue weighted by Gasteiger charge is -2.31. The fourth-order valence-electron chi connectivity index (χ4n) is 4.65. The molecule has 3 aromatic rings. The van der Waals surface area contributed by atoms with Crippen LogP contribution >= 0.6 is 11.6 Å². The molecule has 0 saturated carbocycles. The molecule has 0 unspecified atom stereocenters. The number of ether oxygens (including phenoxy) is 2. The molecule has 2 aliphatic rings. The Morgan fingerprint density at radius 1 is 1.18 bits per heavy atom. The summed E-state index contributed by atoms with van der Waals surface area (Å²) in [5.74, 6) is 0.558. The molecule has 2 atom stereocenters. The molecule has 0 N–H and O–H groups in total. The van der Waals surface area contributed by atoms with Gasteiger partial charge in [-0.3, -0.25) is 9.59 Å². The first-order valence-corrected chi connectivity index (χ1v) is 11.4. The Morgan fingerprint density at radius 2 is 2.03 bits per heavy atom. The molecule has 0 aliphatic carbocycles. The van der Waals surface area contributed by atoms with Crippen LogP contribution in [-0.4, -0.2) is 51.2 Å². The van der Waals surface area contributed by atoms with Crippen LogP contribution in [0.2, 0.25) is 5.02 Å². The van der Waals surface area contributed by atoms with E-state index in [0.717, 1.165) is 24.1 Å². The number of hydrogen-bond acceptors (Lipinski definition) is 5. The second-order valence-electron chi connectivity index (χ2n) is 8.44. The van der Waals surface area contributed by atoms with E-state index in [4.69, 9.17) is 21.1 Å². The zero-order chi connectivity index (χ0) is 23.1. The number of aromatic nitrogens is 3. The number of halogens is 1. The van der Waals surface area contributed by atoms with Gasteiger partial charge in [0.25, 0.3) is 11.5 Å². The Bertz CT molecular complexity index is 1270. The summed E-state index contributed by atoms with van der Waals surface area (Å²) < 4.78 is 15.0. The minimum atomic E-state index is -0.190. The Balaban J connectivity index is 1.30. The van der Waals surface area contributed by atoms with Gasteiger partial charge in [0.05, 0.1) is 31.3 Å². The normalized spacial score (nSPS) is 20.2. The molecule has 2 aromatic heterocycles. The molecule has 33 heavy (non-hydrogen) atoms. The highest BCUT2D eigenvalue weighted by atomic mass is 35.5. The molecule has 2 aliphatic heterocycles. The molecule has 4 heterocycles. The summed E-state index contributed by atoms with van der Waals surface area (Å²) in [4.78, 5) is 32.1. The molecule has 1 fully saturated rings. The van der Waals surface area contributed by atoms with Gasteiger partial charge >= 0.3 is 0 Å². The van der Waals surface area contributed by atoms with E-state index in [9.17, 15) is 9.59 Å². The lowest BCUT2D eigenvalue weighted by Crippen LogP contribution is -2.47. The van der Waals surface area contributed by atoms with E-state index in [1.54, 1.807) is 51.9 Å². The van der Waals surface area contributed by atoms with E-state index >= 15 is 0 Å². The standard InChI is InChI=1S/C24H25ClN4O4/c1-15-12-28(14-26-15)19-6-7-20-23(30)27(9-10-29(20)24(19)31)13-17-4-8-21(33-17)18-5-3-16(25)11-22(18)32-2/h3,5-7,11-12,14,17,21H,4,8-10,13H2,1-2H3/t17-,21+/m0/s1. The number of rotatable bonds is 5. The van der Waals surface area contributed by atoms with Crippen LogP contribution in [0.15, 0.2) is 47.7 Å². The molecule has 1 saturated heterocycles. The number of methoxy groups -OCH3 is 1. The van der Waals surface area contributed by atoms with Gasteiger partial charge in [-0.2, -0.15) is 0 Å². The van der Waals surface area contributed by atoms with Crippen LogP contribution in [0.1, 0.15) is 40.7 Å². The molecule has 172 valence electrons. The maximum absolute atomic E-state index is 13.2. The van der Waals surface area contributed by atoms with E-state index in [1.807, 2.05) is 19.1 Å². The fraction of sp³-hybridized carbons (Fsp3) is 0.375. The number of amides is 1. The van der Waals surface area contributed by atoms with E-state index in [-0.39, 0.29) is 23.7 Å². The highest BCUT2D eigenvalue weighted by Gasteiger charge is 2.33. The predicted octanol–water partition coefficient (Wildman–Crippen LogP) is 3.38. The van der Waals surface area contributed by atoms with Gasteiger partial charge < -0.3 is 23.5 Å². The van der Waals surface area contributed by atoms with Crippen LogP contribution in [-0.2, 0) is 11.3 Å². The minimum Gasteiger partial charge on any atom is -0.496 e. The summed E-state index contributed by atoms with van der Waals surface area (Å²) >= 11 is 6.08. The fourth-order valence-corrected chi connectivity index (χ4v) is 4.81. The van der Waals surface area contributed by atoms with Crippen LogP contribution in [0.4, 0.5) is 0 Å². The summed E-state index contributed by atoms with van der Waals surface area (Å²) in [5.41, 5.74) is 2.49. The second-order valence-corrected chi connectivity index (χ2v) is 8.88. The summed E-state index contributed by atoms with van der Waals surface area (Å²) in [5, 5.41) is 0.615. The molecule has 1 aromatic carbocycles. The number of carbonyl (C=O) groups excluding carboxylic acids is 1. The Kier molecular flexibility index (Phi) is 5.72. The van der Waals surface area contributed by atoms with Crippen molar-refractivity contribution in [3.05, 3.63) is 75.2 Å². The molecule has 5 rings (SSSR count). The van der Waals surface area contributed by atoms with Crippen molar-refractivity contribution >= 4 is 17.5 Å². The van der Waals surface area contributed by atoms with E-state index in [1.165, 1.54) is 0 Å². The third-order valence-corrected chi connectivity index (χ3v) is 6.55. The maximum Gasteiger partial charge on any atom is 0.275 e. The lowest BCUT2D eigenvalue weighted by molar-refractivity contribution is 0.0170. The van der Waals surface area contributed by atoms with Gasteiger partial charge in [-0.05, 0) is 44.0 Å². The number of aryl methyl sites for hydroxylation is 1. The predicted molar refractivity (Wildman–Crippen MR) is 123 cm³/mol. The van der Waals surface area contributed by atoms with Gasteiger partial charge in [0.2, 0.25) is 0 Å². The number of imidazole rings is 1. The van der Waals surface area contributed by atoms with Crippen molar-refractivity contribution in [2.24, 2.45) is 0 Å². The maximum atomic E-state index is 13.2. The van der Waals surface area contributed by atoms with Crippen LogP contribution in [0.25, 0.3) is 5.69 Å². The molecule has 8 nitrogen and oxygen atoms in total. The van der Waals surface area contributed by atoms with Gasteiger partial charge in [-0.15, -0.1) is 0 Å². The smallest absolute Gasteiger partial charge is 0.275 e. The van der Waals surface area contributed by atoms with Crippen molar-refractivity contribution in [3.63, 3.8) is 0 Å². The van der Waals surface area contributed by atoms with Crippen molar-refractivity contribution in [1.82, 2.24) is 19.0 Å². The van der Waals surface area contributed by atoms with Crippen LogP contribution in [0, 0.1) is 6.92 Å².